The molecule has 3 aromatic heterocycles. The molecule has 144 valence electrons. The van der Waals surface area contributed by atoms with Gasteiger partial charge in [0.2, 0.25) is 0 Å². The number of amides is 1. The Labute approximate surface area is 176 Å². The van der Waals surface area contributed by atoms with Gasteiger partial charge in [-0.15, -0.1) is 11.3 Å². The van der Waals surface area contributed by atoms with Crippen molar-refractivity contribution in [3.8, 4) is 0 Å². The van der Waals surface area contributed by atoms with E-state index in [1.807, 2.05) is 48.9 Å². The predicted octanol–water partition coefficient (Wildman–Crippen LogP) is 5.56. The van der Waals surface area contributed by atoms with Crippen LogP contribution in [-0.2, 0) is 6.54 Å². The lowest BCUT2D eigenvalue weighted by Gasteiger charge is -2.19. The Morgan fingerprint density at radius 2 is 2.11 bits per heavy atom. The highest BCUT2D eigenvalue weighted by atomic mass is 35.5. The average molecular weight is 431 g/mol. The van der Waals surface area contributed by atoms with Crippen LogP contribution in [0.25, 0.3) is 10.2 Å². The fraction of sp³-hybridized carbons (Fsp3) is 0.250. The van der Waals surface area contributed by atoms with Crippen molar-refractivity contribution in [2.45, 2.75) is 26.8 Å². The average Bonchev–Trinajstić information content (AvgIpc) is 3.38. The first-order valence-corrected chi connectivity index (χ1v) is 10.9. The molecular formula is C20H19ClN4OS2. The van der Waals surface area contributed by atoms with Gasteiger partial charge in [0, 0.05) is 35.4 Å². The highest BCUT2D eigenvalue weighted by Gasteiger charge is 2.23. The van der Waals surface area contributed by atoms with Gasteiger partial charge in [-0.05, 0) is 50.1 Å². The quantitative estimate of drug-likeness (QED) is 0.402. The third-order valence-electron chi connectivity index (χ3n) is 4.42. The minimum atomic E-state index is -0.00784. The molecule has 28 heavy (non-hydrogen) atoms. The second-order valence-corrected chi connectivity index (χ2v) is 9.32. The molecule has 0 fully saturated rings. The molecule has 0 aliphatic carbocycles. The second-order valence-electron chi connectivity index (χ2n) is 6.59. The summed E-state index contributed by atoms with van der Waals surface area (Å²) in [6.07, 6.45) is 6.29. The molecule has 4 aromatic rings. The molecular weight excluding hydrogens is 412 g/mol. The van der Waals surface area contributed by atoms with E-state index in [9.17, 15) is 4.79 Å². The number of thiazole rings is 1. The van der Waals surface area contributed by atoms with Crippen molar-refractivity contribution < 1.29 is 4.79 Å². The number of aryl methyl sites for hydroxylation is 3. The van der Waals surface area contributed by atoms with Gasteiger partial charge in [-0.1, -0.05) is 22.9 Å². The Morgan fingerprint density at radius 3 is 2.82 bits per heavy atom. The van der Waals surface area contributed by atoms with Gasteiger partial charge in [-0.25, -0.2) is 9.97 Å². The van der Waals surface area contributed by atoms with Crippen molar-refractivity contribution in [2.24, 2.45) is 0 Å². The van der Waals surface area contributed by atoms with E-state index in [1.165, 1.54) is 22.7 Å². The van der Waals surface area contributed by atoms with Crippen molar-refractivity contribution in [1.29, 1.82) is 0 Å². The molecule has 0 spiro atoms. The van der Waals surface area contributed by atoms with Crippen LogP contribution >= 0.6 is 34.3 Å². The van der Waals surface area contributed by atoms with E-state index < -0.39 is 0 Å². The number of anilines is 1. The van der Waals surface area contributed by atoms with E-state index in [4.69, 9.17) is 16.6 Å². The number of rotatable bonds is 6. The molecule has 5 nitrogen and oxygen atoms in total. The topological polar surface area (TPSA) is 51.0 Å². The molecule has 0 atom stereocenters. The summed E-state index contributed by atoms with van der Waals surface area (Å²) in [6, 6.07) is 7.68. The van der Waals surface area contributed by atoms with Gasteiger partial charge in [-0.2, -0.15) is 0 Å². The first-order valence-electron chi connectivity index (χ1n) is 8.92. The summed E-state index contributed by atoms with van der Waals surface area (Å²) in [4.78, 5) is 25.7. The number of benzene rings is 1. The van der Waals surface area contributed by atoms with E-state index in [0.29, 0.717) is 16.7 Å². The molecule has 0 unspecified atom stereocenters. The molecule has 0 N–H and O–H groups in total. The third-order valence-corrected chi connectivity index (χ3v) is 6.66. The minimum Gasteiger partial charge on any atom is -0.337 e. The minimum absolute atomic E-state index is 0.00784. The number of thiophene rings is 1. The number of fused-ring (bicyclic) bond motifs is 1. The number of carbonyl (C=O) groups is 1. The maximum atomic E-state index is 13.2. The van der Waals surface area contributed by atoms with Crippen molar-refractivity contribution in [3.05, 3.63) is 63.3 Å². The predicted molar refractivity (Wildman–Crippen MR) is 117 cm³/mol. The summed E-state index contributed by atoms with van der Waals surface area (Å²) >= 11 is 9.22. The molecule has 0 saturated heterocycles. The molecule has 0 aliphatic heterocycles. The van der Waals surface area contributed by atoms with Crippen LogP contribution in [0.4, 0.5) is 5.13 Å². The zero-order valence-corrected chi connectivity index (χ0v) is 17.9. The van der Waals surface area contributed by atoms with Crippen LogP contribution in [-0.4, -0.2) is 27.0 Å². The lowest BCUT2D eigenvalue weighted by molar-refractivity contribution is 0.0990. The van der Waals surface area contributed by atoms with Crippen LogP contribution in [0, 0.1) is 13.8 Å². The highest BCUT2D eigenvalue weighted by Crippen LogP contribution is 2.34. The SMILES string of the molecule is Cc1ccc(C(=O)N(CCCn2ccnc2)c2nc3c(C)cc(Cl)cc3s2)s1. The standard InChI is InChI=1S/C20H19ClN4OS2/c1-13-10-15(21)11-17-18(13)23-20(28-17)25(8-3-7-24-9-6-22-12-24)19(26)16-5-4-14(2)27-16/h4-6,9-12H,3,7-8H2,1-2H3. The monoisotopic (exact) mass is 430 g/mol. The number of carbonyl (C=O) groups excluding carboxylic acids is 1. The molecule has 0 aliphatic rings. The summed E-state index contributed by atoms with van der Waals surface area (Å²) in [5, 5.41) is 1.40. The van der Waals surface area contributed by atoms with E-state index in [2.05, 4.69) is 4.98 Å². The van der Waals surface area contributed by atoms with Crippen LogP contribution < -0.4 is 4.90 Å². The van der Waals surface area contributed by atoms with Gasteiger partial charge in [0.05, 0.1) is 21.4 Å². The lowest BCUT2D eigenvalue weighted by atomic mass is 10.2. The molecule has 1 amide bonds. The second kappa shape index (κ2) is 8.03. The van der Waals surface area contributed by atoms with Gasteiger partial charge in [0.15, 0.2) is 5.13 Å². The summed E-state index contributed by atoms with van der Waals surface area (Å²) in [7, 11) is 0. The van der Waals surface area contributed by atoms with Crippen LogP contribution in [0.2, 0.25) is 5.02 Å². The Bertz CT molecular complexity index is 1120. The van der Waals surface area contributed by atoms with E-state index >= 15 is 0 Å². The number of hydrogen-bond donors (Lipinski definition) is 0. The lowest BCUT2D eigenvalue weighted by Crippen LogP contribution is -2.31. The first kappa shape index (κ1) is 19.1. The molecule has 4 rings (SSSR count). The summed E-state index contributed by atoms with van der Waals surface area (Å²) in [6.45, 7) is 5.38. The Balaban J connectivity index is 1.65. The summed E-state index contributed by atoms with van der Waals surface area (Å²) in [5.41, 5.74) is 1.92. The van der Waals surface area contributed by atoms with Crippen LogP contribution in [0.3, 0.4) is 0 Å². The maximum Gasteiger partial charge on any atom is 0.270 e. The van der Waals surface area contributed by atoms with Crippen molar-refractivity contribution >= 4 is 55.5 Å². The van der Waals surface area contributed by atoms with Gasteiger partial charge >= 0.3 is 0 Å². The fourth-order valence-corrected chi connectivity index (χ4v) is 5.32. The summed E-state index contributed by atoms with van der Waals surface area (Å²) in [5.74, 6) is -0.00784. The number of imidazole rings is 1. The number of hydrogen-bond acceptors (Lipinski definition) is 5. The van der Waals surface area contributed by atoms with Crippen LogP contribution in [0.1, 0.15) is 26.5 Å². The van der Waals surface area contributed by atoms with E-state index in [1.54, 1.807) is 17.4 Å². The number of aromatic nitrogens is 3. The van der Waals surface area contributed by atoms with Crippen LogP contribution in [0.5, 0.6) is 0 Å². The zero-order chi connectivity index (χ0) is 19.7. The highest BCUT2D eigenvalue weighted by molar-refractivity contribution is 7.22. The maximum absolute atomic E-state index is 13.2. The molecule has 0 saturated carbocycles. The van der Waals surface area contributed by atoms with Gasteiger partial charge in [0.1, 0.15) is 0 Å². The molecule has 0 radical (unpaired) electrons. The fourth-order valence-electron chi connectivity index (χ4n) is 3.06. The molecule has 0 bridgehead atoms. The van der Waals surface area contributed by atoms with Crippen molar-refractivity contribution in [1.82, 2.24) is 14.5 Å². The largest absolute Gasteiger partial charge is 0.337 e. The normalized spacial score (nSPS) is 11.2. The van der Waals surface area contributed by atoms with Gasteiger partial charge in [-0.3, -0.25) is 9.69 Å². The van der Waals surface area contributed by atoms with Crippen LogP contribution in [0.15, 0.2) is 43.0 Å². The Kier molecular flexibility index (Phi) is 5.48. The van der Waals surface area contributed by atoms with Gasteiger partial charge in [0.25, 0.3) is 5.91 Å². The molecule has 3 heterocycles. The molecule has 8 heteroatoms. The van der Waals surface area contributed by atoms with Crippen molar-refractivity contribution in [3.63, 3.8) is 0 Å². The van der Waals surface area contributed by atoms with E-state index in [-0.39, 0.29) is 5.91 Å². The molecule has 1 aromatic carbocycles. The summed E-state index contributed by atoms with van der Waals surface area (Å²) < 4.78 is 3.01. The number of halogens is 1. The van der Waals surface area contributed by atoms with Gasteiger partial charge < -0.3 is 4.57 Å². The van der Waals surface area contributed by atoms with Crippen molar-refractivity contribution in [2.75, 3.05) is 11.4 Å². The Morgan fingerprint density at radius 1 is 1.25 bits per heavy atom. The zero-order valence-electron chi connectivity index (χ0n) is 15.6. The smallest absolute Gasteiger partial charge is 0.270 e. The number of nitrogens with zero attached hydrogens (tertiary/aromatic N) is 4. The Hall–Kier alpha value is -2.22. The third kappa shape index (κ3) is 3.97. The first-order chi connectivity index (χ1) is 13.5. The van der Waals surface area contributed by atoms with E-state index in [0.717, 1.165) is 38.5 Å².